The van der Waals surface area contributed by atoms with Gasteiger partial charge in [0.2, 0.25) is 0 Å². The van der Waals surface area contributed by atoms with Crippen LogP contribution in [0.2, 0.25) is 0 Å². The van der Waals surface area contributed by atoms with Gasteiger partial charge in [-0.25, -0.2) is 4.39 Å². The lowest BCUT2D eigenvalue weighted by molar-refractivity contribution is 0.637. The standard InChI is InChI=1S/C10H10FN/c1-2-7-3-4-9(11)10-8(7)5-6-12-10/h3-6,12H,2H2,1H3. The molecule has 12 heavy (non-hydrogen) atoms. The summed E-state index contributed by atoms with van der Waals surface area (Å²) in [6.45, 7) is 2.07. The number of hydrogen-bond donors (Lipinski definition) is 1. The van der Waals surface area contributed by atoms with Gasteiger partial charge < -0.3 is 4.98 Å². The lowest BCUT2D eigenvalue weighted by Gasteiger charge is -1.99. The zero-order valence-corrected chi connectivity index (χ0v) is 6.89. The Labute approximate surface area is 70.2 Å². The molecule has 0 amide bonds. The van der Waals surface area contributed by atoms with Crippen molar-refractivity contribution in [3.8, 4) is 0 Å². The van der Waals surface area contributed by atoms with Gasteiger partial charge in [0.25, 0.3) is 0 Å². The second-order valence-corrected chi connectivity index (χ2v) is 2.83. The highest BCUT2D eigenvalue weighted by molar-refractivity contribution is 5.83. The van der Waals surface area contributed by atoms with E-state index in [0.29, 0.717) is 5.52 Å². The highest BCUT2D eigenvalue weighted by Gasteiger charge is 2.04. The van der Waals surface area contributed by atoms with Crippen LogP contribution in [0.5, 0.6) is 0 Å². The molecule has 0 unspecified atom stereocenters. The second-order valence-electron chi connectivity index (χ2n) is 2.83. The van der Waals surface area contributed by atoms with Crippen molar-refractivity contribution in [2.45, 2.75) is 13.3 Å². The van der Waals surface area contributed by atoms with Crippen molar-refractivity contribution in [1.29, 1.82) is 0 Å². The highest BCUT2D eigenvalue weighted by atomic mass is 19.1. The summed E-state index contributed by atoms with van der Waals surface area (Å²) < 4.78 is 13.1. The molecule has 0 saturated carbocycles. The summed E-state index contributed by atoms with van der Waals surface area (Å²) in [5.41, 5.74) is 1.81. The molecule has 0 atom stereocenters. The van der Waals surface area contributed by atoms with Crippen molar-refractivity contribution < 1.29 is 4.39 Å². The van der Waals surface area contributed by atoms with Gasteiger partial charge >= 0.3 is 0 Å². The molecular weight excluding hydrogens is 153 g/mol. The molecule has 2 aromatic rings. The van der Waals surface area contributed by atoms with Crippen LogP contribution in [0.25, 0.3) is 10.9 Å². The van der Waals surface area contributed by atoms with Crippen molar-refractivity contribution in [3.05, 3.63) is 35.8 Å². The molecule has 1 N–H and O–H groups in total. The molecule has 0 bridgehead atoms. The summed E-state index contributed by atoms with van der Waals surface area (Å²) in [7, 11) is 0. The first-order valence-corrected chi connectivity index (χ1v) is 4.07. The van der Waals surface area contributed by atoms with Crippen molar-refractivity contribution in [2.75, 3.05) is 0 Å². The summed E-state index contributed by atoms with van der Waals surface area (Å²) in [4.78, 5) is 2.89. The van der Waals surface area contributed by atoms with Crippen LogP contribution in [0.1, 0.15) is 12.5 Å². The van der Waals surface area contributed by atoms with Crippen molar-refractivity contribution >= 4 is 10.9 Å². The predicted octanol–water partition coefficient (Wildman–Crippen LogP) is 2.87. The maximum absolute atomic E-state index is 13.1. The monoisotopic (exact) mass is 163 g/mol. The maximum Gasteiger partial charge on any atom is 0.147 e. The molecule has 0 saturated heterocycles. The molecule has 0 radical (unpaired) electrons. The number of nitrogens with one attached hydrogen (secondary N) is 1. The molecule has 1 heterocycles. The average molecular weight is 163 g/mol. The highest BCUT2D eigenvalue weighted by Crippen LogP contribution is 2.20. The molecular formula is C10H10FN. The zero-order chi connectivity index (χ0) is 8.55. The molecule has 0 aliphatic heterocycles. The summed E-state index contributed by atoms with van der Waals surface area (Å²) >= 11 is 0. The minimum absolute atomic E-state index is 0.174. The number of H-pyrrole nitrogens is 1. The lowest BCUT2D eigenvalue weighted by Crippen LogP contribution is -1.84. The minimum Gasteiger partial charge on any atom is -0.359 e. The number of aromatic amines is 1. The molecule has 1 aromatic carbocycles. The van der Waals surface area contributed by atoms with E-state index in [-0.39, 0.29) is 5.82 Å². The Morgan fingerprint density at radius 2 is 2.17 bits per heavy atom. The van der Waals surface area contributed by atoms with Crippen molar-refractivity contribution in [1.82, 2.24) is 4.98 Å². The van der Waals surface area contributed by atoms with Gasteiger partial charge in [0.15, 0.2) is 0 Å². The Bertz CT molecular complexity index is 403. The number of halogens is 1. The third-order valence-electron chi connectivity index (χ3n) is 2.14. The largest absolute Gasteiger partial charge is 0.359 e. The average Bonchev–Trinajstić information content (AvgIpc) is 2.54. The molecule has 2 heteroatoms. The Balaban J connectivity index is 2.82. The van der Waals surface area contributed by atoms with E-state index >= 15 is 0 Å². The van der Waals surface area contributed by atoms with Gasteiger partial charge in [-0.05, 0) is 24.1 Å². The van der Waals surface area contributed by atoms with Crippen molar-refractivity contribution in [2.24, 2.45) is 0 Å². The van der Waals surface area contributed by atoms with Crippen LogP contribution in [-0.2, 0) is 6.42 Å². The Kier molecular flexibility index (Phi) is 1.61. The number of benzene rings is 1. The molecule has 1 aromatic heterocycles. The number of aromatic nitrogens is 1. The van der Waals surface area contributed by atoms with Crippen LogP contribution < -0.4 is 0 Å². The summed E-state index contributed by atoms with van der Waals surface area (Å²) in [5.74, 6) is -0.174. The summed E-state index contributed by atoms with van der Waals surface area (Å²) in [6, 6.07) is 5.26. The van der Waals surface area contributed by atoms with Crippen molar-refractivity contribution in [3.63, 3.8) is 0 Å². The van der Waals surface area contributed by atoms with E-state index in [1.807, 2.05) is 12.1 Å². The molecule has 0 aliphatic carbocycles. The molecule has 0 aliphatic rings. The van der Waals surface area contributed by atoms with Gasteiger partial charge in [-0.3, -0.25) is 0 Å². The third-order valence-corrected chi connectivity index (χ3v) is 2.14. The lowest BCUT2D eigenvalue weighted by atomic mass is 10.1. The number of hydrogen-bond acceptors (Lipinski definition) is 0. The van der Waals surface area contributed by atoms with Gasteiger partial charge in [0.1, 0.15) is 5.82 Å². The van der Waals surface area contributed by atoms with Gasteiger partial charge in [-0.15, -0.1) is 0 Å². The van der Waals surface area contributed by atoms with Crippen LogP contribution in [-0.4, -0.2) is 4.98 Å². The quantitative estimate of drug-likeness (QED) is 0.665. The SMILES string of the molecule is CCc1ccc(F)c2[nH]ccc12. The second kappa shape index (κ2) is 2.63. The minimum atomic E-state index is -0.174. The van der Waals surface area contributed by atoms with Crippen LogP contribution >= 0.6 is 0 Å². The van der Waals surface area contributed by atoms with Gasteiger partial charge in [-0.1, -0.05) is 13.0 Å². The Hall–Kier alpha value is -1.31. The fraction of sp³-hybridized carbons (Fsp3) is 0.200. The predicted molar refractivity (Wildman–Crippen MR) is 47.6 cm³/mol. The topological polar surface area (TPSA) is 15.8 Å². The van der Waals surface area contributed by atoms with E-state index < -0.39 is 0 Å². The molecule has 0 fully saturated rings. The zero-order valence-electron chi connectivity index (χ0n) is 6.89. The van der Waals surface area contributed by atoms with E-state index in [9.17, 15) is 4.39 Å². The molecule has 1 nitrogen and oxygen atoms in total. The van der Waals surface area contributed by atoms with E-state index in [1.54, 1.807) is 6.20 Å². The third kappa shape index (κ3) is 0.916. The molecule has 0 spiro atoms. The van der Waals surface area contributed by atoms with Crippen LogP contribution in [0, 0.1) is 5.82 Å². The summed E-state index contributed by atoms with van der Waals surface area (Å²) in [5, 5.41) is 0.998. The van der Waals surface area contributed by atoms with Crippen LogP contribution in [0.15, 0.2) is 24.4 Å². The van der Waals surface area contributed by atoms with Crippen LogP contribution in [0.3, 0.4) is 0 Å². The van der Waals surface area contributed by atoms with Gasteiger partial charge in [-0.2, -0.15) is 0 Å². The first kappa shape index (κ1) is 7.35. The number of aryl methyl sites for hydroxylation is 1. The van der Waals surface area contributed by atoms with Gasteiger partial charge in [0, 0.05) is 11.6 Å². The van der Waals surface area contributed by atoms with E-state index in [2.05, 4.69) is 11.9 Å². The van der Waals surface area contributed by atoms with E-state index in [1.165, 1.54) is 11.6 Å². The van der Waals surface area contributed by atoms with E-state index in [4.69, 9.17) is 0 Å². The number of fused-ring (bicyclic) bond motifs is 1. The molecule has 2 rings (SSSR count). The maximum atomic E-state index is 13.1. The Morgan fingerprint density at radius 1 is 1.33 bits per heavy atom. The first-order valence-electron chi connectivity index (χ1n) is 4.07. The number of rotatable bonds is 1. The molecule has 62 valence electrons. The normalized spacial score (nSPS) is 10.8. The Morgan fingerprint density at radius 3 is 2.92 bits per heavy atom. The van der Waals surface area contributed by atoms with Gasteiger partial charge in [0.05, 0.1) is 5.52 Å². The first-order chi connectivity index (χ1) is 5.83. The van der Waals surface area contributed by atoms with Crippen LogP contribution in [0.4, 0.5) is 4.39 Å². The van der Waals surface area contributed by atoms with E-state index in [0.717, 1.165) is 11.8 Å². The smallest absolute Gasteiger partial charge is 0.147 e. The fourth-order valence-corrected chi connectivity index (χ4v) is 1.49. The fourth-order valence-electron chi connectivity index (χ4n) is 1.49. The summed E-state index contributed by atoms with van der Waals surface area (Å²) in [6.07, 6.45) is 2.71.